The lowest BCUT2D eigenvalue weighted by atomic mass is 9.86. The molecule has 0 spiro atoms. The highest BCUT2D eigenvalue weighted by Gasteiger charge is 2.22. The van der Waals surface area contributed by atoms with Crippen molar-refractivity contribution < 1.29 is 4.42 Å². The van der Waals surface area contributed by atoms with Crippen LogP contribution in [0.1, 0.15) is 0 Å². The van der Waals surface area contributed by atoms with Gasteiger partial charge in [0.05, 0.1) is 0 Å². The lowest BCUT2D eigenvalue weighted by Crippen LogP contribution is -1.90. The molecule has 0 aliphatic rings. The van der Waals surface area contributed by atoms with Crippen molar-refractivity contribution in [3.8, 4) is 22.3 Å². The summed E-state index contributed by atoms with van der Waals surface area (Å²) in [5, 5.41) is 19.9. The summed E-state index contributed by atoms with van der Waals surface area (Å²) in [6, 6.07) is 62.6. The first-order valence-electron chi connectivity index (χ1n) is 17.7. The number of fused-ring (bicyclic) bond motifs is 10. The molecule has 1 nitrogen and oxygen atoms in total. The van der Waals surface area contributed by atoms with Crippen molar-refractivity contribution in [2.45, 2.75) is 0 Å². The van der Waals surface area contributed by atoms with E-state index in [9.17, 15) is 0 Å². The third-order valence-electron chi connectivity index (χ3n) is 11.4. The van der Waals surface area contributed by atoms with Crippen LogP contribution in [0, 0.1) is 0 Å². The predicted molar refractivity (Wildman–Crippen MR) is 218 cm³/mol. The van der Waals surface area contributed by atoms with Crippen molar-refractivity contribution in [3.05, 3.63) is 170 Å². The van der Waals surface area contributed by atoms with Gasteiger partial charge in [0.1, 0.15) is 11.2 Å². The highest BCUT2D eigenvalue weighted by atomic mass is 16.3. The van der Waals surface area contributed by atoms with Crippen LogP contribution in [0.4, 0.5) is 0 Å². The third-order valence-corrected chi connectivity index (χ3v) is 11.4. The molecule has 1 aromatic heterocycles. The average molecular weight is 645 g/mol. The number of rotatable bonds is 2. The summed E-state index contributed by atoms with van der Waals surface area (Å²) < 4.78 is 7.17. The minimum absolute atomic E-state index is 0.927. The minimum atomic E-state index is 0.927. The summed E-state index contributed by atoms with van der Waals surface area (Å²) in [6.07, 6.45) is 0. The van der Waals surface area contributed by atoms with Crippen molar-refractivity contribution in [1.82, 2.24) is 0 Å². The normalized spacial score (nSPS) is 12.3. The molecule has 12 aromatic rings. The monoisotopic (exact) mass is 644 g/mol. The summed E-state index contributed by atoms with van der Waals surface area (Å²) in [5.74, 6) is 0. The second-order valence-corrected chi connectivity index (χ2v) is 14.0. The van der Waals surface area contributed by atoms with Crippen molar-refractivity contribution in [2.75, 3.05) is 0 Å². The molecule has 0 aliphatic heterocycles. The number of benzene rings is 11. The fourth-order valence-corrected chi connectivity index (χ4v) is 9.10. The Balaban J connectivity index is 1.25. The van der Waals surface area contributed by atoms with E-state index >= 15 is 0 Å². The van der Waals surface area contributed by atoms with Gasteiger partial charge in [-0.05, 0) is 105 Å². The zero-order valence-corrected chi connectivity index (χ0v) is 27.6. The Kier molecular flexibility index (Phi) is 5.29. The molecule has 1 heterocycles. The first-order chi connectivity index (χ1) is 25.3. The average Bonchev–Trinajstić information content (AvgIpc) is 3.60. The molecular formula is C50H28O. The maximum absolute atomic E-state index is 7.17. The molecule has 0 fully saturated rings. The van der Waals surface area contributed by atoms with Crippen molar-refractivity contribution >= 4 is 97.3 Å². The van der Waals surface area contributed by atoms with Gasteiger partial charge in [-0.1, -0.05) is 152 Å². The van der Waals surface area contributed by atoms with Gasteiger partial charge in [0.2, 0.25) is 0 Å². The molecule has 1 heteroatoms. The molecule has 0 saturated carbocycles. The first kappa shape index (κ1) is 27.2. The summed E-state index contributed by atoms with van der Waals surface area (Å²) in [4.78, 5) is 0. The summed E-state index contributed by atoms with van der Waals surface area (Å²) in [7, 11) is 0. The SMILES string of the molecule is c1ccc2c(c1)ccc1c3ccccc3c(-c3ccc(-c4ccc5ccc6cccc7ccc4c5c67)c4oc5c6ccccc6ccc5c34)cc21. The minimum Gasteiger partial charge on any atom is -0.455 e. The van der Waals surface area contributed by atoms with Gasteiger partial charge in [-0.15, -0.1) is 0 Å². The zero-order valence-electron chi connectivity index (χ0n) is 27.6. The molecule has 0 aliphatic carbocycles. The quantitative estimate of drug-likeness (QED) is 0.171. The molecular weight excluding hydrogens is 617 g/mol. The van der Waals surface area contributed by atoms with Gasteiger partial charge >= 0.3 is 0 Å². The molecule has 0 unspecified atom stereocenters. The second-order valence-electron chi connectivity index (χ2n) is 14.0. The van der Waals surface area contributed by atoms with E-state index in [1.54, 1.807) is 0 Å². The Hall–Kier alpha value is -6.70. The van der Waals surface area contributed by atoms with Gasteiger partial charge in [0, 0.05) is 21.7 Å². The molecule has 0 saturated heterocycles. The Bertz CT molecular complexity index is 3400. The van der Waals surface area contributed by atoms with Crippen LogP contribution < -0.4 is 0 Å². The van der Waals surface area contributed by atoms with Crippen LogP contribution in [-0.2, 0) is 0 Å². The fraction of sp³-hybridized carbons (Fsp3) is 0. The highest BCUT2D eigenvalue weighted by Crippen LogP contribution is 2.48. The smallest absolute Gasteiger partial charge is 0.143 e. The van der Waals surface area contributed by atoms with Crippen molar-refractivity contribution in [1.29, 1.82) is 0 Å². The standard InChI is InChI=1S/C50H28O/c1-3-12-34-29(8-1)18-22-38-36-14-5-6-15-37(36)45(28-44(34)38)41-26-27-42(50-48(41)43-25-19-30-9-2-4-13-35(30)49(43)51-50)39-23-20-33-17-16-31-10-7-11-32-21-24-40(39)47(33)46(31)32/h1-28H. The van der Waals surface area contributed by atoms with E-state index in [1.165, 1.54) is 86.7 Å². The summed E-state index contributed by atoms with van der Waals surface area (Å²) in [5.41, 5.74) is 6.57. The van der Waals surface area contributed by atoms with Crippen molar-refractivity contribution in [2.24, 2.45) is 0 Å². The maximum atomic E-state index is 7.17. The predicted octanol–water partition coefficient (Wildman–Crippen LogP) is 14.4. The highest BCUT2D eigenvalue weighted by molar-refractivity contribution is 6.29. The van der Waals surface area contributed by atoms with Gasteiger partial charge in [-0.3, -0.25) is 0 Å². The Morgan fingerprint density at radius 1 is 0.235 bits per heavy atom. The van der Waals surface area contributed by atoms with E-state index in [-0.39, 0.29) is 0 Å². The van der Waals surface area contributed by atoms with Crippen LogP contribution >= 0.6 is 0 Å². The lowest BCUT2D eigenvalue weighted by molar-refractivity contribution is 0.674. The summed E-state index contributed by atoms with van der Waals surface area (Å²) in [6.45, 7) is 0. The van der Waals surface area contributed by atoms with Gasteiger partial charge in [-0.25, -0.2) is 0 Å². The molecule has 0 bridgehead atoms. The van der Waals surface area contributed by atoms with Crippen LogP contribution in [0.5, 0.6) is 0 Å². The molecule has 11 aromatic carbocycles. The van der Waals surface area contributed by atoms with E-state index in [0.717, 1.165) is 32.9 Å². The van der Waals surface area contributed by atoms with Gasteiger partial charge < -0.3 is 4.42 Å². The van der Waals surface area contributed by atoms with Crippen molar-refractivity contribution in [3.63, 3.8) is 0 Å². The van der Waals surface area contributed by atoms with E-state index in [1.807, 2.05) is 0 Å². The van der Waals surface area contributed by atoms with Crippen LogP contribution in [-0.4, -0.2) is 0 Å². The maximum Gasteiger partial charge on any atom is 0.143 e. The molecule has 0 N–H and O–H groups in total. The molecule has 51 heavy (non-hydrogen) atoms. The first-order valence-corrected chi connectivity index (χ1v) is 17.7. The molecule has 0 radical (unpaired) electrons. The Morgan fingerprint density at radius 3 is 1.59 bits per heavy atom. The molecule has 12 rings (SSSR count). The largest absolute Gasteiger partial charge is 0.455 e. The van der Waals surface area contributed by atoms with E-state index in [0.29, 0.717) is 0 Å². The van der Waals surface area contributed by atoms with E-state index in [2.05, 4.69) is 170 Å². The fourth-order valence-electron chi connectivity index (χ4n) is 9.10. The summed E-state index contributed by atoms with van der Waals surface area (Å²) >= 11 is 0. The number of hydrogen-bond acceptors (Lipinski definition) is 1. The van der Waals surface area contributed by atoms with Gasteiger partial charge in [-0.2, -0.15) is 0 Å². The molecule has 234 valence electrons. The topological polar surface area (TPSA) is 13.1 Å². The molecule has 0 atom stereocenters. The van der Waals surface area contributed by atoms with Crippen LogP contribution in [0.25, 0.3) is 120 Å². The zero-order chi connectivity index (χ0) is 33.2. The lowest BCUT2D eigenvalue weighted by Gasteiger charge is -2.16. The Labute approximate surface area is 292 Å². The number of hydrogen-bond donors (Lipinski definition) is 0. The second kappa shape index (κ2) is 9.94. The Morgan fingerprint density at radius 2 is 0.765 bits per heavy atom. The van der Waals surface area contributed by atoms with Crippen LogP contribution in [0.2, 0.25) is 0 Å². The third kappa shape index (κ3) is 3.65. The van der Waals surface area contributed by atoms with Gasteiger partial charge in [0.25, 0.3) is 0 Å². The molecule has 0 amide bonds. The number of furan rings is 1. The van der Waals surface area contributed by atoms with Gasteiger partial charge in [0.15, 0.2) is 0 Å². The van der Waals surface area contributed by atoms with Crippen LogP contribution in [0.3, 0.4) is 0 Å². The van der Waals surface area contributed by atoms with E-state index in [4.69, 9.17) is 4.42 Å². The van der Waals surface area contributed by atoms with E-state index < -0.39 is 0 Å². The van der Waals surface area contributed by atoms with Crippen LogP contribution in [0.15, 0.2) is 174 Å².